The molecule has 2 aromatic carbocycles. The molecule has 1 aromatic heterocycles. The van der Waals surface area contributed by atoms with E-state index in [-0.39, 0.29) is 5.95 Å². The number of hydrazine groups is 1. The number of nitrogens with zero attached hydrogens (tertiary/aromatic N) is 4. The Balaban J connectivity index is 2.15. The molecular weight excluding hydrogens is 302 g/mol. The summed E-state index contributed by atoms with van der Waals surface area (Å²) >= 11 is 0. The summed E-state index contributed by atoms with van der Waals surface area (Å²) in [6.45, 7) is 2.07. The van der Waals surface area contributed by atoms with Crippen molar-refractivity contribution in [1.29, 1.82) is 0 Å². The molecule has 0 amide bonds. The smallest absolute Gasteiger partial charge is 0.279 e. The Labute approximate surface area is 140 Å². The zero-order valence-electron chi connectivity index (χ0n) is 13.7. The van der Waals surface area contributed by atoms with Crippen LogP contribution in [0.1, 0.15) is 12.5 Å². The molecule has 6 nitrogen and oxygen atoms in total. The van der Waals surface area contributed by atoms with Gasteiger partial charge in [-0.25, -0.2) is 15.6 Å². The molecule has 3 rings (SSSR count). The van der Waals surface area contributed by atoms with Crippen LogP contribution in [0.3, 0.4) is 0 Å². The highest BCUT2D eigenvalue weighted by molar-refractivity contribution is 5.63. The molecule has 0 fully saturated rings. The molecular formula is C18H19N5O. The van der Waals surface area contributed by atoms with Crippen LogP contribution in [0.25, 0.3) is 11.4 Å². The number of benzene rings is 2. The largest absolute Gasteiger partial charge is 0.352 e. The standard InChI is InChI=1S/C18H19N5O/c1-3-13-9-7-8-12-15(13)16-20-17(21-18(24)22(16)2)23(19)14-10-5-4-6-11-14/h4-12H,3,19H2,1-2H3. The normalized spacial score (nSPS) is 10.6. The maximum atomic E-state index is 12.3. The van der Waals surface area contributed by atoms with Crippen LogP contribution in [0.15, 0.2) is 59.4 Å². The molecule has 0 aliphatic carbocycles. The maximum absolute atomic E-state index is 12.3. The van der Waals surface area contributed by atoms with Gasteiger partial charge in [0.15, 0.2) is 0 Å². The zero-order valence-corrected chi connectivity index (χ0v) is 13.7. The Bertz CT molecular complexity index is 905. The predicted molar refractivity (Wildman–Crippen MR) is 94.9 cm³/mol. The van der Waals surface area contributed by atoms with Crippen LogP contribution in [-0.4, -0.2) is 14.5 Å². The summed E-state index contributed by atoms with van der Waals surface area (Å²) in [7, 11) is 1.66. The van der Waals surface area contributed by atoms with Crippen molar-refractivity contribution in [2.45, 2.75) is 13.3 Å². The van der Waals surface area contributed by atoms with Crippen LogP contribution in [-0.2, 0) is 13.5 Å². The third-order valence-electron chi connectivity index (χ3n) is 3.90. The van der Waals surface area contributed by atoms with E-state index in [1.807, 2.05) is 54.6 Å². The van der Waals surface area contributed by atoms with Crippen molar-refractivity contribution < 1.29 is 0 Å². The first-order valence-electron chi connectivity index (χ1n) is 7.75. The Kier molecular flexibility index (Phi) is 4.39. The molecule has 0 aliphatic rings. The van der Waals surface area contributed by atoms with Gasteiger partial charge in [-0.1, -0.05) is 49.4 Å². The summed E-state index contributed by atoms with van der Waals surface area (Å²) in [6, 6.07) is 17.2. The minimum absolute atomic E-state index is 0.171. The number of nitrogens with two attached hydrogens (primary N) is 1. The first-order valence-corrected chi connectivity index (χ1v) is 7.75. The predicted octanol–water partition coefficient (Wildman–Crippen LogP) is 2.42. The molecule has 0 spiro atoms. The number of hydrogen-bond donors (Lipinski definition) is 1. The third kappa shape index (κ3) is 2.91. The molecule has 0 saturated heterocycles. The van der Waals surface area contributed by atoms with Gasteiger partial charge in [0, 0.05) is 12.6 Å². The van der Waals surface area contributed by atoms with Crippen molar-refractivity contribution in [3.8, 4) is 11.4 Å². The van der Waals surface area contributed by atoms with Crippen LogP contribution in [0.2, 0.25) is 0 Å². The van der Waals surface area contributed by atoms with E-state index in [0.29, 0.717) is 11.5 Å². The van der Waals surface area contributed by atoms with E-state index in [1.165, 1.54) is 9.58 Å². The minimum Gasteiger partial charge on any atom is -0.279 e. The molecule has 3 aromatic rings. The fraction of sp³-hybridized carbons (Fsp3) is 0.167. The van der Waals surface area contributed by atoms with Crippen LogP contribution in [0, 0.1) is 0 Å². The lowest BCUT2D eigenvalue weighted by atomic mass is 10.0. The molecule has 0 unspecified atom stereocenters. The van der Waals surface area contributed by atoms with Gasteiger partial charge in [0.1, 0.15) is 5.82 Å². The minimum atomic E-state index is -0.396. The van der Waals surface area contributed by atoms with E-state index < -0.39 is 5.69 Å². The van der Waals surface area contributed by atoms with E-state index in [9.17, 15) is 4.79 Å². The van der Waals surface area contributed by atoms with Crippen LogP contribution in [0.4, 0.5) is 11.6 Å². The molecule has 1 heterocycles. The van der Waals surface area contributed by atoms with Gasteiger partial charge in [-0.2, -0.15) is 9.97 Å². The summed E-state index contributed by atoms with van der Waals surface area (Å²) in [5.41, 5.74) is 2.33. The van der Waals surface area contributed by atoms with Crippen molar-refractivity contribution in [2.24, 2.45) is 12.9 Å². The molecule has 0 aliphatic heterocycles. The average molecular weight is 321 g/mol. The van der Waals surface area contributed by atoms with Crippen LogP contribution in [0.5, 0.6) is 0 Å². The number of para-hydroxylation sites is 1. The summed E-state index contributed by atoms with van der Waals surface area (Å²) in [6.07, 6.45) is 0.842. The van der Waals surface area contributed by atoms with Gasteiger partial charge in [-0.3, -0.25) is 4.57 Å². The van der Waals surface area contributed by atoms with Gasteiger partial charge < -0.3 is 0 Å². The molecule has 2 N–H and O–H groups in total. The molecule has 0 atom stereocenters. The second-order valence-corrected chi connectivity index (χ2v) is 5.41. The Morgan fingerprint density at radius 3 is 2.42 bits per heavy atom. The average Bonchev–Trinajstić information content (AvgIpc) is 2.64. The van der Waals surface area contributed by atoms with E-state index in [4.69, 9.17) is 5.84 Å². The van der Waals surface area contributed by atoms with E-state index in [0.717, 1.165) is 17.5 Å². The van der Waals surface area contributed by atoms with E-state index >= 15 is 0 Å². The van der Waals surface area contributed by atoms with E-state index in [1.54, 1.807) is 7.05 Å². The highest BCUT2D eigenvalue weighted by Gasteiger charge is 2.15. The maximum Gasteiger partial charge on any atom is 0.352 e. The number of aryl methyl sites for hydroxylation is 1. The monoisotopic (exact) mass is 321 g/mol. The molecule has 0 radical (unpaired) electrons. The first kappa shape index (κ1) is 15.9. The van der Waals surface area contributed by atoms with E-state index in [2.05, 4.69) is 16.9 Å². The van der Waals surface area contributed by atoms with Crippen molar-refractivity contribution in [2.75, 3.05) is 5.01 Å². The summed E-state index contributed by atoms with van der Waals surface area (Å²) < 4.78 is 1.44. The number of hydrogen-bond acceptors (Lipinski definition) is 5. The summed E-state index contributed by atoms with van der Waals surface area (Å²) in [5.74, 6) is 6.83. The number of rotatable bonds is 4. The Hall–Kier alpha value is -2.99. The molecule has 24 heavy (non-hydrogen) atoms. The number of anilines is 2. The first-order chi connectivity index (χ1) is 11.6. The molecule has 0 saturated carbocycles. The Morgan fingerprint density at radius 1 is 1.04 bits per heavy atom. The van der Waals surface area contributed by atoms with Gasteiger partial charge >= 0.3 is 5.69 Å². The second-order valence-electron chi connectivity index (χ2n) is 5.41. The third-order valence-corrected chi connectivity index (χ3v) is 3.90. The highest BCUT2D eigenvalue weighted by Crippen LogP contribution is 2.23. The fourth-order valence-corrected chi connectivity index (χ4v) is 2.55. The van der Waals surface area contributed by atoms with Gasteiger partial charge in [-0.05, 0) is 24.1 Å². The van der Waals surface area contributed by atoms with Crippen LogP contribution < -0.4 is 16.5 Å². The van der Waals surface area contributed by atoms with Gasteiger partial charge in [0.05, 0.1) is 5.69 Å². The zero-order chi connectivity index (χ0) is 17.1. The van der Waals surface area contributed by atoms with Gasteiger partial charge in [0.2, 0.25) is 0 Å². The SMILES string of the molecule is CCc1ccccc1-c1nc(N(N)c2ccccc2)nc(=O)n1C. The van der Waals surface area contributed by atoms with Crippen molar-refractivity contribution in [1.82, 2.24) is 14.5 Å². The lowest BCUT2D eigenvalue weighted by molar-refractivity contribution is 0.770. The molecule has 122 valence electrons. The topological polar surface area (TPSA) is 77.0 Å². The lowest BCUT2D eigenvalue weighted by Crippen LogP contribution is -2.32. The quantitative estimate of drug-likeness (QED) is 0.590. The molecule has 0 bridgehead atoms. The number of aromatic nitrogens is 3. The molecule has 6 heteroatoms. The summed E-state index contributed by atoms with van der Waals surface area (Å²) in [4.78, 5) is 20.8. The van der Waals surface area contributed by atoms with Crippen LogP contribution >= 0.6 is 0 Å². The summed E-state index contributed by atoms with van der Waals surface area (Å²) in [5, 5.41) is 1.32. The fourth-order valence-electron chi connectivity index (χ4n) is 2.55. The van der Waals surface area contributed by atoms with Crippen molar-refractivity contribution in [3.05, 3.63) is 70.6 Å². The van der Waals surface area contributed by atoms with Gasteiger partial charge in [0.25, 0.3) is 5.95 Å². The second kappa shape index (κ2) is 6.64. The Morgan fingerprint density at radius 2 is 1.71 bits per heavy atom. The lowest BCUT2D eigenvalue weighted by Gasteiger charge is -2.18. The highest BCUT2D eigenvalue weighted by atomic mass is 16.1. The van der Waals surface area contributed by atoms with Crippen molar-refractivity contribution in [3.63, 3.8) is 0 Å². The van der Waals surface area contributed by atoms with Gasteiger partial charge in [-0.15, -0.1) is 0 Å². The van der Waals surface area contributed by atoms with Crippen molar-refractivity contribution >= 4 is 11.6 Å².